The summed E-state index contributed by atoms with van der Waals surface area (Å²) in [7, 11) is 1.62. The molecule has 1 fully saturated rings. The Morgan fingerprint density at radius 2 is 1.73 bits per heavy atom. The number of nitrogens with zero attached hydrogens (tertiary/aromatic N) is 3. The minimum Gasteiger partial charge on any atom is -0.497 e. The van der Waals surface area contributed by atoms with Gasteiger partial charge in [-0.05, 0) is 65.2 Å². The summed E-state index contributed by atoms with van der Waals surface area (Å²) < 4.78 is 19.3. The van der Waals surface area contributed by atoms with Crippen LogP contribution in [0.2, 0.25) is 0 Å². The number of hydrogen-bond acceptors (Lipinski definition) is 5. The van der Waals surface area contributed by atoms with Crippen molar-refractivity contribution in [2.45, 2.75) is 25.3 Å². The van der Waals surface area contributed by atoms with Crippen molar-refractivity contribution in [3.8, 4) is 5.75 Å². The molecule has 3 aromatic rings. The van der Waals surface area contributed by atoms with Gasteiger partial charge >= 0.3 is 0 Å². The Bertz CT molecular complexity index is 1250. The van der Waals surface area contributed by atoms with Crippen molar-refractivity contribution in [1.82, 2.24) is 14.7 Å². The lowest BCUT2D eigenvalue weighted by atomic mass is 9.93. The Morgan fingerprint density at radius 3 is 2.46 bits per heavy atom. The quantitative estimate of drug-likeness (QED) is 0.489. The molecule has 37 heavy (non-hydrogen) atoms. The van der Waals surface area contributed by atoms with Crippen LogP contribution in [0.15, 0.2) is 60.0 Å². The van der Waals surface area contributed by atoms with Crippen LogP contribution in [0.5, 0.6) is 5.75 Å². The summed E-state index contributed by atoms with van der Waals surface area (Å²) in [6.45, 7) is 3.36. The van der Waals surface area contributed by atoms with Gasteiger partial charge in [0, 0.05) is 37.6 Å². The highest BCUT2D eigenvalue weighted by molar-refractivity contribution is 7.10. The molecule has 194 valence electrons. The number of thiophene rings is 1. The maximum atomic E-state index is 14.1. The Labute approximate surface area is 221 Å². The number of benzene rings is 2. The van der Waals surface area contributed by atoms with Gasteiger partial charge in [-0.3, -0.25) is 14.5 Å². The molecule has 2 amide bonds. The standard InChI is InChI=1S/C29H32FN3O3S/c1-36-24-8-6-21(7-9-24)18-27(34)31-12-3-13-32(16-15-31)28(35)20-33-14-10-26-25(11-17-37-26)29(33)22-4-2-5-23(30)19-22/h2,4-9,11,17,19,29H,3,10,12-16,18,20H2,1H3/t29-/m1/s1. The monoisotopic (exact) mass is 521 g/mol. The van der Waals surface area contributed by atoms with Crippen LogP contribution in [0.3, 0.4) is 0 Å². The fourth-order valence-corrected chi connectivity index (χ4v) is 6.23. The van der Waals surface area contributed by atoms with E-state index in [4.69, 9.17) is 4.74 Å². The van der Waals surface area contributed by atoms with E-state index in [1.165, 1.54) is 16.5 Å². The van der Waals surface area contributed by atoms with Gasteiger partial charge in [-0.25, -0.2) is 4.39 Å². The molecule has 1 aromatic heterocycles. The van der Waals surface area contributed by atoms with Gasteiger partial charge in [-0.1, -0.05) is 24.3 Å². The number of amides is 2. The van der Waals surface area contributed by atoms with Gasteiger partial charge in [-0.2, -0.15) is 0 Å². The van der Waals surface area contributed by atoms with E-state index in [-0.39, 0.29) is 30.2 Å². The molecule has 0 bridgehead atoms. The van der Waals surface area contributed by atoms with Crippen LogP contribution >= 0.6 is 11.3 Å². The topological polar surface area (TPSA) is 53.1 Å². The van der Waals surface area contributed by atoms with Gasteiger partial charge in [0.05, 0.1) is 26.1 Å². The van der Waals surface area contributed by atoms with E-state index >= 15 is 0 Å². The second-order valence-corrected chi connectivity index (χ2v) is 10.6. The van der Waals surface area contributed by atoms with Gasteiger partial charge in [0.2, 0.25) is 11.8 Å². The zero-order valence-corrected chi connectivity index (χ0v) is 21.9. The predicted octanol–water partition coefficient (Wildman–Crippen LogP) is 4.15. The van der Waals surface area contributed by atoms with Gasteiger partial charge in [0.15, 0.2) is 0 Å². The fraction of sp³-hybridized carbons (Fsp3) is 0.379. The third kappa shape index (κ3) is 5.86. The summed E-state index contributed by atoms with van der Waals surface area (Å²) in [6.07, 6.45) is 1.98. The second kappa shape index (κ2) is 11.4. The van der Waals surface area contributed by atoms with E-state index in [0.717, 1.165) is 36.3 Å². The van der Waals surface area contributed by atoms with Crippen molar-refractivity contribution >= 4 is 23.2 Å². The Morgan fingerprint density at radius 1 is 0.973 bits per heavy atom. The van der Waals surface area contributed by atoms with E-state index in [9.17, 15) is 14.0 Å². The highest BCUT2D eigenvalue weighted by atomic mass is 32.1. The van der Waals surface area contributed by atoms with E-state index in [2.05, 4.69) is 16.3 Å². The first kappa shape index (κ1) is 25.4. The van der Waals surface area contributed by atoms with Crippen LogP contribution in [-0.4, -0.2) is 72.9 Å². The molecule has 0 spiro atoms. The van der Waals surface area contributed by atoms with E-state index < -0.39 is 0 Å². The zero-order valence-electron chi connectivity index (χ0n) is 21.1. The van der Waals surface area contributed by atoms with Crippen molar-refractivity contribution in [2.75, 3.05) is 46.4 Å². The summed E-state index contributed by atoms with van der Waals surface area (Å²) in [5, 5.41) is 2.08. The zero-order chi connectivity index (χ0) is 25.8. The normalized spacial score (nSPS) is 18.3. The van der Waals surface area contributed by atoms with Crippen molar-refractivity contribution in [1.29, 1.82) is 0 Å². The smallest absolute Gasteiger partial charge is 0.236 e. The van der Waals surface area contributed by atoms with E-state index in [1.807, 2.05) is 40.1 Å². The summed E-state index contributed by atoms with van der Waals surface area (Å²) in [5.41, 5.74) is 2.99. The van der Waals surface area contributed by atoms with Crippen LogP contribution in [-0.2, 0) is 22.4 Å². The van der Waals surface area contributed by atoms with Gasteiger partial charge < -0.3 is 14.5 Å². The highest BCUT2D eigenvalue weighted by Crippen LogP contribution is 2.37. The van der Waals surface area contributed by atoms with Crippen LogP contribution in [0, 0.1) is 5.82 Å². The van der Waals surface area contributed by atoms with E-state index in [0.29, 0.717) is 32.6 Å². The van der Waals surface area contributed by atoms with Crippen LogP contribution in [0.1, 0.15) is 34.0 Å². The number of hydrogen-bond donors (Lipinski definition) is 0. The number of fused-ring (bicyclic) bond motifs is 1. The SMILES string of the molecule is COc1ccc(CC(=O)N2CCCN(C(=O)CN3CCc4sccc4[C@H]3c3cccc(F)c3)CC2)cc1. The van der Waals surface area contributed by atoms with Crippen LogP contribution in [0.25, 0.3) is 0 Å². The summed E-state index contributed by atoms with van der Waals surface area (Å²) in [6, 6.07) is 16.2. The number of ether oxygens (including phenoxy) is 1. The molecule has 8 heteroatoms. The van der Waals surface area contributed by atoms with Crippen molar-refractivity contribution in [3.05, 3.63) is 87.4 Å². The minimum absolute atomic E-state index is 0.0598. The molecule has 1 saturated heterocycles. The molecule has 0 unspecified atom stereocenters. The van der Waals surface area contributed by atoms with Gasteiger partial charge in [-0.15, -0.1) is 11.3 Å². The molecule has 0 radical (unpaired) electrons. The number of carbonyl (C=O) groups is 2. The molecule has 0 saturated carbocycles. The summed E-state index contributed by atoms with van der Waals surface area (Å²) in [4.78, 5) is 33.6. The Kier molecular flexibility index (Phi) is 7.86. The third-order valence-corrected chi connectivity index (χ3v) is 8.28. The lowest BCUT2D eigenvalue weighted by Crippen LogP contribution is -2.45. The minimum atomic E-state index is -0.266. The van der Waals surface area contributed by atoms with Crippen molar-refractivity contribution in [2.24, 2.45) is 0 Å². The maximum Gasteiger partial charge on any atom is 0.236 e. The lowest BCUT2D eigenvalue weighted by molar-refractivity contribution is -0.134. The first-order chi connectivity index (χ1) is 18.0. The van der Waals surface area contributed by atoms with Gasteiger partial charge in [0.1, 0.15) is 11.6 Å². The second-order valence-electron chi connectivity index (χ2n) is 9.62. The largest absolute Gasteiger partial charge is 0.497 e. The Hall–Kier alpha value is -3.23. The number of halogens is 1. The molecule has 3 heterocycles. The summed E-state index contributed by atoms with van der Waals surface area (Å²) in [5.74, 6) is 0.637. The van der Waals surface area contributed by atoms with Crippen LogP contribution < -0.4 is 4.74 Å². The Balaban J connectivity index is 1.22. The molecule has 2 aliphatic heterocycles. The molecular weight excluding hydrogens is 489 g/mol. The number of methoxy groups -OCH3 is 1. The molecule has 6 nitrogen and oxygen atoms in total. The molecule has 0 aliphatic carbocycles. The predicted molar refractivity (Wildman–Crippen MR) is 142 cm³/mol. The first-order valence-corrected chi connectivity index (χ1v) is 13.6. The van der Waals surface area contributed by atoms with Crippen molar-refractivity contribution in [3.63, 3.8) is 0 Å². The average Bonchev–Trinajstić information content (AvgIpc) is 3.24. The number of carbonyl (C=O) groups excluding carboxylic acids is 2. The maximum absolute atomic E-state index is 14.1. The first-order valence-electron chi connectivity index (χ1n) is 12.8. The van der Waals surface area contributed by atoms with Gasteiger partial charge in [0.25, 0.3) is 0 Å². The molecule has 0 N–H and O–H groups in total. The average molecular weight is 522 g/mol. The molecule has 2 aromatic carbocycles. The highest BCUT2D eigenvalue weighted by Gasteiger charge is 2.32. The third-order valence-electron chi connectivity index (χ3n) is 7.28. The molecule has 1 atom stereocenters. The fourth-order valence-electron chi connectivity index (χ4n) is 5.33. The van der Waals surface area contributed by atoms with Crippen LogP contribution in [0.4, 0.5) is 4.39 Å². The van der Waals surface area contributed by atoms with E-state index in [1.54, 1.807) is 30.6 Å². The number of rotatable bonds is 6. The molecular formula is C29H32FN3O3S. The van der Waals surface area contributed by atoms with Crippen molar-refractivity contribution < 1.29 is 18.7 Å². The summed E-state index contributed by atoms with van der Waals surface area (Å²) >= 11 is 1.73. The molecule has 2 aliphatic rings. The lowest BCUT2D eigenvalue weighted by Gasteiger charge is -2.37. The molecule has 5 rings (SSSR count).